The zero-order valence-electron chi connectivity index (χ0n) is 15.6. The summed E-state index contributed by atoms with van der Waals surface area (Å²) in [4.78, 5) is 8.84. The molecule has 0 spiro atoms. The van der Waals surface area contributed by atoms with Crippen molar-refractivity contribution in [2.45, 2.75) is 38.1 Å². The van der Waals surface area contributed by atoms with E-state index in [1.54, 1.807) is 18.3 Å². The first kappa shape index (κ1) is 18.3. The molecule has 2 aromatic rings. The van der Waals surface area contributed by atoms with Gasteiger partial charge >= 0.3 is 0 Å². The first-order chi connectivity index (χ1) is 13.1. The van der Waals surface area contributed by atoms with Crippen LogP contribution in [-0.2, 0) is 9.47 Å². The van der Waals surface area contributed by atoms with E-state index < -0.39 is 0 Å². The van der Waals surface area contributed by atoms with Crippen molar-refractivity contribution in [2.75, 3.05) is 25.1 Å². The lowest BCUT2D eigenvalue weighted by Crippen LogP contribution is -2.93. The highest BCUT2D eigenvalue weighted by atomic mass is 19.1. The van der Waals surface area contributed by atoms with E-state index in [9.17, 15) is 4.39 Å². The number of benzene rings is 1. The highest BCUT2D eigenvalue weighted by Gasteiger charge is 2.49. The van der Waals surface area contributed by atoms with Gasteiger partial charge in [0.2, 0.25) is 5.95 Å². The molecule has 1 aromatic heterocycles. The van der Waals surface area contributed by atoms with Crippen LogP contribution in [0.4, 0.5) is 10.3 Å². The molecular weight excluding hydrogens is 347 g/mol. The number of quaternary nitrogens is 1. The molecule has 0 aliphatic carbocycles. The molecule has 6 nitrogen and oxygen atoms in total. The molecule has 27 heavy (non-hydrogen) atoms. The second-order valence-corrected chi connectivity index (χ2v) is 7.65. The molecule has 7 heteroatoms. The minimum atomic E-state index is -0.282. The van der Waals surface area contributed by atoms with Gasteiger partial charge in [-0.2, -0.15) is 0 Å². The summed E-state index contributed by atoms with van der Waals surface area (Å²) < 4.78 is 25.5. The number of hydrogen-bond acceptors (Lipinski definition) is 5. The average Bonchev–Trinajstić information content (AvgIpc) is 3.23. The summed E-state index contributed by atoms with van der Waals surface area (Å²) in [6, 6.07) is 8.52. The number of rotatable bonds is 6. The summed E-state index contributed by atoms with van der Waals surface area (Å²) in [5, 5.41) is 5.67. The number of nitrogens with one attached hydrogen (secondary N) is 1. The number of fused-ring (bicyclic) bond motifs is 1. The lowest BCUT2D eigenvalue weighted by Gasteiger charge is -2.17. The first-order valence-corrected chi connectivity index (χ1v) is 9.52. The minimum Gasteiger partial charge on any atom is -0.367 e. The molecule has 2 aliphatic heterocycles. The number of hydrogen-bond donors (Lipinski definition) is 2. The normalized spacial score (nSPS) is 27.1. The van der Waals surface area contributed by atoms with Crippen molar-refractivity contribution in [2.24, 2.45) is 5.92 Å². The van der Waals surface area contributed by atoms with Gasteiger partial charge in [0.1, 0.15) is 30.7 Å². The van der Waals surface area contributed by atoms with Crippen molar-refractivity contribution in [1.82, 2.24) is 9.97 Å². The second-order valence-electron chi connectivity index (χ2n) is 7.65. The molecule has 0 radical (unpaired) electrons. The van der Waals surface area contributed by atoms with Crippen LogP contribution in [0.15, 0.2) is 36.5 Å². The van der Waals surface area contributed by atoms with Crippen molar-refractivity contribution in [3.05, 3.63) is 42.3 Å². The molecule has 0 amide bonds. The third-order valence-electron chi connectivity index (χ3n) is 5.09. The Morgan fingerprint density at radius 3 is 2.89 bits per heavy atom. The van der Waals surface area contributed by atoms with Crippen molar-refractivity contribution >= 4 is 5.95 Å². The maximum atomic E-state index is 13.5. The standard InChI is InChI=1S/C20H25FN4O2/c1-12(2)9-23-16-10-26-19-17(11-27-18(16)19)25-20-22-7-6-15(24-20)13-4-3-5-14(21)8-13/h3-8,12,16-19,23H,9-11H2,1-2H3,(H,22,24,25)/p+1/t16-,17-,18+,19+/m0/s1. The number of nitrogens with zero attached hydrogens (tertiary/aromatic N) is 2. The van der Waals surface area contributed by atoms with Gasteiger partial charge in [0.15, 0.2) is 0 Å². The zero-order chi connectivity index (χ0) is 18.8. The van der Waals surface area contributed by atoms with Gasteiger partial charge in [-0.25, -0.2) is 14.4 Å². The van der Waals surface area contributed by atoms with E-state index in [-0.39, 0.29) is 24.1 Å². The molecule has 4 rings (SSSR count). The predicted octanol–water partition coefficient (Wildman–Crippen LogP) is 1.45. The lowest BCUT2D eigenvalue weighted by molar-refractivity contribution is -0.697. The summed E-state index contributed by atoms with van der Waals surface area (Å²) in [5.74, 6) is 0.860. The Bertz CT molecular complexity index is 788. The molecule has 2 saturated heterocycles. The number of nitrogens with two attached hydrogens (primary N) is 1. The van der Waals surface area contributed by atoms with Gasteiger partial charge in [0.25, 0.3) is 0 Å². The van der Waals surface area contributed by atoms with Crippen molar-refractivity contribution < 1.29 is 19.2 Å². The molecular formula is C20H26FN4O2+. The number of halogens is 1. The SMILES string of the molecule is CC(C)C[NH2+][C@H]1CO[C@H]2[C@@H]1OC[C@@H]2Nc1nccc(-c2cccc(F)c2)n1. The summed E-state index contributed by atoms with van der Waals surface area (Å²) in [7, 11) is 0. The molecule has 1 aromatic carbocycles. The maximum absolute atomic E-state index is 13.5. The Morgan fingerprint density at radius 2 is 2.07 bits per heavy atom. The van der Waals surface area contributed by atoms with Crippen LogP contribution in [0.5, 0.6) is 0 Å². The van der Waals surface area contributed by atoms with Crippen LogP contribution < -0.4 is 10.6 Å². The van der Waals surface area contributed by atoms with E-state index in [1.807, 2.05) is 6.07 Å². The summed E-state index contributed by atoms with van der Waals surface area (Å²) in [5.41, 5.74) is 1.40. The van der Waals surface area contributed by atoms with Crippen LogP contribution in [0, 0.1) is 11.7 Å². The van der Waals surface area contributed by atoms with Crippen LogP contribution >= 0.6 is 0 Å². The van der Waals surface area contributed by atoms with Crippen LogP contribution in [0.3, 0.4) is 0 Å². The van der Waals surface area contributed by atoms with Crippen LogP contribution in [0.2, 0.25) is 0 Å². The molecule has 0 saturated carbocycles. The zero-order valence-corrected chi connectivity index (χ0v) is 15.6. The Hall–Kier alpha value is -2.09. The van der Waals surface area contributed by atoms with Crippen LogP contribution in [0.25, 0.3) is 11.3 Å². The van der Waals surface area contributed by atoms with E-state index in [2.05, 4.69) is 34.4 Å². The monoisotopic (exact) mass is 373 g/mol. The quantitative estimate of drug-likeness (QED) is 0.802. The van der Waals surface area contributed by atoms with Gasteiger partial charge in [-0.3, -0.25) is 0 Å². The predicted molar refractivity (Wildman–Crippen MR) is 99.7 cm³/mol. The number of ether oxygens (including phenoxy) is 2. The largest absolute Gasteiger partial charge is 0.367 e. The fourth-order valence-electron chi connectivity index (χ4n) is 3.70. The van der Waals surface area contributed by atoms with Gasteiger partial charge in [-0.15, -0.1) is 0 Å². The van der Waals surface area contributed by atoms with E-state index in [4.69, 9.17) is 9.47 Å². The van der Waals surface area contributed by atoms with E-state index in [0.29, 0.717) is 36.8 Å². The molecule has 0 unspecified atom stereocenters. The summed E-state index contributed by atoms with van der Waals surface area (Å²) in [6.45, 7) is 6.76. The molecule has 4 atom stereocenters. The van der Waals surface area contributed by atoms with Crippen LogP contribution in [0.1, 0.15) is 13.8 Å². The Kier molecular flexibility index (Phi) is 5.33. The second kappa shape index (κ2) is 7.88. The lowest BCUT2D eigenvalue weighted by atomic mass is 10.1. The average molecular weight is 373 g/mol. The molecule has 0 bridgehead atoms. The highest BCUT2D eigenvalue weighted by molar-refractivity contribution is 5.59. The van der Waals surface area contributed by atoms with Gasteiger partial charge < -0.3 is 20.1 Å². The van der Waals surface area contributed by atoms with E-state index in [0.717, 1.165) is 12.1 Å². The van der Waals surface area contributed by atoms with Gasteiger partial charge in [-0.05, 0) is 18.2 Å². The number of aromatic nitrogens is 2. The van der Waals surface area contributed by atoms with Crippen LogP contribution in [-0.4, -0.2) is 54.0 Å². The smallest absolute Gasteiger partial charge is 0.223 e. The van der Waals surface area contributed by atoms with E-state index >= 15 is 0 Å². The fourth-order valence-corrected chi connectivity index (χ4v) is 3.70. The Balaban J connectivity index is 1.42. The molecule has 3 heterocycles. The number of anilines is 1. The van der Waals surface area contributed by atoms with Gasteiger partial charge in [0.05, 0.1) is 24.9 Å². The topological polar surface area (TPSA) is 72.9 Å². The molecule has 2 aliphatic rings. The van der Waals surface area contributed by atoms with Crippen molar-refractivity contribution in [1.29, 1.82) is 0 Å². The van der Waals surface area contributed by atoms with Crippen molar-refractivity contribution in [3.63, 3.8) is 0 Å². The fraction of sp³-hybridized carbons (Fsp3) is 0.500. The highest BCUT2D eigenvalue weighted by Crippen LogP contribution is 2.27. The van der Waals surface area contributed by atoms with Gasteiger partial charge in [-0.1, -0.05) is 26.0 Å². The molecule has 2 fully saturated rings. The van der Waals surface area contributed by atoms with E-state index in [1.165, 1.54) is 12.1 Å². The summed E-state index contributed by atoms with van der Waals surface area (Å²) >= 11 is 0. The summed E-state index contributed by atoms with van der Waals surface area (Å²) in [6.07, 6.45) is 1.77. The molecule has 144 valence electrons. The first-order valence-electron chi connectivity index (χ1n) is 9.52. The Morgan fingerprint density at radius 1 is 1.22 bits per heavy atom. The molecule has 3 N–H and O–H groups in total. The van der Waals surface area contributed by atoms with Crippen molar-refractivity contribution in [3.8, 4) is 11.3 Å². The van der Waals surface area contributed by atoms with Gasteiger partial charge in [0, 0.05) is 17.7 Å². The maximum Gasteiger partial charge on any atom is 0.223 e. The Labute approximate surface area is 158 Å². The third kappa shape index (κ3) is 4.10. The minimum absolute atomic E-state index is 0.000150. The third-order valence-corrected chi connectivity index (χ3v) is 5.09.